The van der Waals surface area contributed by atoms with Crippen LogP contribution in [0.5, 0.6) is 11.5 Å². The van der Waals surface area contributed by atoms with Crippen molar-refractivity contribution in [2.75, 3.05) is 18.9 Å². The number of hydrazone groups is 1. The number of aromatic nitrogens is 2. The molecule has 10 heteroatoms. The van der Waals surface area contributed by atoms with Gasteiger partial charge in [-0.3, -0.25) is 29.8 Å². The lowest BCUT2D eigenvalue weighted by atomic mass is 9.85. The third kappa shape index (κ3) is 4.80. The minimum atomic E-state index is -0.700. The minimum Gasteiger partial charge on any atom is -0.456 e. The quantitative estimate of drug-likeness (QED) is 0.514. The predicted octanol–water partition coefficient (Wildman–Crippen LogP) is 3.68. The Morgan fingerprint density at radius 2 is 2.09 bits per heavy atom. The lowest BCUT2D eigenvalue weighted by Crippen LogP contribution is -2.40. The van der Waals surface area contributed by atoms with E-state index in [1.165, 1.54) is 11.1 Å². The minimum absolute atomic E-state index is 0.0847. The molecule has 1 saturated heterocycles. The molecule has 1 spiro atoms. The number of hydrogen-bond donors (Lipinski definition) is 1. The van der Waals surface area contributed by atoms with E-state index >= 15 is 0 Å². The number of nitrogens with one attached hydrogen (secondary N) is 1. The summed E-state index contributed by atoms with van der Waals surface area (Å²) in [6.45, 7) is 5.68. The van der Waals surface area contributed by atoms with E-state index in [4.69, 9.17) is 4.74 Å². The fourth-order valence-corrected chi connectivity index (χ4v) is 4.25. The van der Waals surface area contributed by atoms with E-state index in [9.17, 15) is 14.4 Å². The van der Waals surface area contributed by atoms with Gasteiger partial charge in [-0.1, -0.05) is 0 Å². The van der Waals surface area contributed by atoms with Crippen LogP contribution in [0.2, 0.25) is 0 Å². The van der Waals surface area contributed by atoms with Gasteiger partial charge in [0.1, 0.15) is 23.1 Å². The summed E-state index contributed by atoms with van der Waals surface area (Å²) in [6.07, 6.45) is 6.60. The first-order valence-corrected chi connectivity index (χ1v) is 10.9. The summed E-state index contributed by atoms with van der Waals surface area (Å²) < 4.78 is 5.86. The smallest absolute Gasteiger partial charge is 0.329 e. The molecule has 2 fully saturated rings. The normalized spacial score (nSPS) is 20.1. The molecule has 176 valence electrons. The van der Waals surface area contributed by atoms with Crippen molar-refractivity contribution in [1.82, 2.24) is 19.9 Å². The second-order valence-electron chi connectivity index (χ2n) is 8.52. The van der Waals surface area contributed by atoms with Crippen LogP contribution in [-0.2, 0) is 9.59 Å². The van der Waals surface area contributed by atoms with Gasteiger partial charge >= 0.3 is 6.03 Å². The van der Waals surface area contributed by atoms with Crippen molar-refractivity contribution >= 4 is 35.8 Å². The van der Waals surface area contributed by atoms with Gasteiger partial charge in [-0.25, -0.2) is 9.78 Å². The molecule has 1 N–H and O–H groups in total. The zero-order valence-electron chi connectivity index (χ0n) is 19.2. The molecule has 1 aliphatic heterocycles. The van der Waals surface area contributed by atoms with Gasteiger partial charge in [0.15, 0.2) is 0 Å². The highest BCUT2D eigenvalue weighted by Crippen LogP contribution is 2.44. The number of carbonyl (C=O) groups is 3. The Balaban J connectivity index is 1.38. The molecule has 1 aliphatic carbocycles. The highest BCUT2D eigenvalue weighted by atomic mass is 16.5. The van der Waals surface area contributed by atoms with Crippen molar-refractivity contribution < 1.29 is 19.1 Å². The van der Waals surface area contributed by atoms with Gasteiger partial charge in [-0.05, 0) is 43.5 Å². The van der Waals surface area contributed by atoms with Crippen LogP contribution < -0.4 is 10.1 Å². The average Bonchev–Trinajstić information content (AvgIpc) is 3.37. The van der Waals surface area contributed by atoms with Gasteiger partial charge in [0, 0.05) is 51.6 Å². The topological polar surface area (TPSA) is 117 Å². The van der Waals surface area contributed by atoms with Crippen LogP contribution in [0.3, 0.4) is 0 Å². The number of nitrogens with zero attached hydrogens (tertiary/aromatic N) is 5. The second-order valence-corrected chi connectivity index (χ2v) is 8.52. The molecule has 2 aromatic heterocycles. The molecule has 2 aliphatic rings. The maximum atomic E-state index is 12.8. The number of likely N-dealkylation sites (tertiary alicyclic amines) is 1. The molecule has 0 aromatic carbocycles. The Hall–Kier alpha value is -4.08. The van der Waals surface area contributed by atoms with Gasteiger partial charge < -0.3 is 4.74 Å². The van der Waals surface area contributed by atoms with Crippen LogP contribution in [-0.4, -0.2) is 57.9 Å². The zero-order chi connectivity index (χ0) is 24.3. The summed E-state index contributed by atoms with van der Waals surface area (Å²) in [6, 6.07) is 6.25. The first-order chi connectivity index (χ1) is 16.3. The molecule has 2 aromatic rings. The number of anilines is 1. The number of hydrogen-bond acceptors (Lipinski definition) is 8. The van der Waals surface area contributed by atoms with E-state index in [1.54, 1.807) is 48.7 Å². The zero-order valence-corrected chi connectivity index (χ0v) is 19.2. The molecule has 1 atom stereocenters. The summed E-state index contributed by atoms with van der Waals surface area (Å²) in [4.78, 5) is 46.8. The molecule has 0 bridgehead atoms. The maximum absolute atomic E-state index is 12.8. The number of imide groups is 1. The van der Waals surface area contributed by atoms with Gasteiger partial charge in [0.05, 0.1) is 17.3 Å². The number of Topliss-reactive ketones (excluding diaryl/α,β-unsaturated/α-hetero) is 1. The lowest BCUT2D eigenvalue weighted by molar-refractivity contribution is -0.134. The standard InChI is InChI=1S/C24H26N6O4/c1-16(15-29(3)25-2)20-12-18(7-10-26-20)34-19-4-5-21(27-14-19)28-23(33)30-11-9-24(22(30)32)8-6-17(31)13-24/h4-5,7,10,12,14-15H,2,6,8-9,11,13H2,1,3H3,(H,27,28,33)/b16-15+. The molecule has 10 nitrogen and oxygen atoms in total. The van der Waals surface area contributed by atoms with Crippen LogP contribution in [0, 0.1) is 5.41 Å². The number of ketones is 1. The number of urea groups is 1. The Bertz CT molecular complexity index is 1160. The van der Waals surface area contributed by atoms with Crippen molar-refractivity contribution in [3.63, 3.8) is 0 Å². The Morgan fingerprint density at radius 1 is 1.26 bits per heavy atom. The maximum Gasteiger partial charge on any atom is 0.329 e. The molecule has 1 saturated carbocycles. The number of carbonyl (C=O) groups excluding carboxylic acids is 3. The van der Waals surface area contributed by atoms with Crippen LogP contribution in [0.15, 0.2) is 48.0 Å². The van der Waals surface area contributed by atoms with Crippen LogP contribution in [0.1, 0.15) is 38.3 Å². The van der Waals surface area contributed by atoms with Gasteiger partial charge in [-0.15, -0.1) is 0 Å². The molecule has 3 heterocycles. The Labute approximate surface area is 197 Å². The van der Waals surface area contributed by atoms with Crippen LogP contribution >= 0.6 is 0 Å². The molecule has 34 heavy (non-hydrogen) atoms. The Morgan fingerprint density at radius 3 is 2.76 bits per heavy atom. The van der Waals surface area contributed by atoms with Crippen molar-refractivity contribution in [3.05, 3.63) is 48.6 Å². The van der Waals surface area contributed by atoms with Crippen LogP contribution in [0.25, 0.3) is 5.57 Å². The number of rotatable bonds is 6. The lowest BCUT2D eigenvalue weighted by Gasteiger charge is -2.20. The van der Waals surface area contributed by atoms with E-state index in [0.717, 1.165) is 11.3 Å². The molecule has 1 unspecified atom stereocenters. The average molecular weight is 463 g/mol. The van der Waals surface area contributed by atoms with Gasteiger partial charge in [0.2, 0.25) is 5.91 Å². The summed E-state index contributed by atoms with van der Waals surface area (Å²) in [5.74, 6) is 1.15. The molecular weight excluding hydrogens is 436 g/mol. The van der Waals surface area contributed by atoms with Crippen molar-refractivity contribution in [1.29, 1.82) is 0 Å². The molecule has 3 amide bonds. The third-order valence-corrected chi connectivity index (χ3v) is 6.12. The second kappa shape index (κ2) is 9.42. The monoisotopic (exact) mass is 462 g/mol. The van der Waals surface area contributed by atoms with E-state index in [2.05, 4.69) is 27.1 Å². The number of allylic oxidation sites excluding steroid dienone is 1. The first-order valence-electron chi connectivity index (χ1n) is 10.9. The van der Waals surface area contributed by atoms with E-state index in [-0.39, 0.29) is 18.1 Å². The summed E-state index contributed by atoms with van der Waals surface area (Å²) in [7, 11) is 1.77. The third-order valence-electron chi connectivity index (χ3n) is 6.12. The molecular formula is C24H26N6O4. The highest BCUT2D eigenvalue weighted by Gasteiger charge is 2.52. The van der Waals surface area contributed by atoms with Crippen molar-refractivity contribution in [2.45, 2.75) is 32.6 Å². The summed E-state index contributed by atoms with van der Waals surface area (Å²) in [5, 5.41) is 8.03. The van der Waals surface area contributed by atoms with Crippen molar-refractivity contribution in [2.24, 2.45) is 10.5 Å². The van der Waals surface area contributed by atoms with Gasteiger partial charge in [0.25, 0.3) is 0 Å². The fourth-order valence-electron chi connectivity index (χ4n) is 4.25. The van der Waals surface area contributed by atoms with E-state index in [0.29, 0.717) is 43.1 Å². The Kier molecular flexibility index (Phi) is 6.40. The SMILES string of the molecule is C=NN(C)/C=C(\C)c1cc(Oc2ccc(NC(=O)N3CCC4(CCC(=O)C4)C3=O)nc2)ccn1. The highest BCUT2D eigenvalue weighted by molar-refractivity contribution is 6.06. The summed E-state index contributed by atoms with van der Waals surface area (Å²) >= 11 is 0. The molecule has 4 rings (SSSR count). The van der Waals surface area contributed by atoms with E-state index < -0.39 is 11.4 Å². The first kappa shape index (κ1) is 23.1. The fraction of sp³-hybridized carbons (Fsp3) is 0.333. The number of pyridine rings is 2. The number of ether oxygens (including phenoxy) is 1. The number of amides is 3. The van der Waals surface area contributed by atoms with E-state index in [1.807, 2.05) is 6.92 Å². The predicted molar refractivity (Wildman–Crippen MR) is 126 cm³/mol. The van der Waals surface area contributed by atoms with Crippen molar-refractivity contribution in [3.8, 4) is 11.5 Å². The largest absolute Gasteiger partial charge is 0.456 e. The summed E-state index contributed by atoms with van der Waals surface area (Å²) in [5.41, 5.74) is 0.910. The van der Waals surface area contributed by atoms with Crippen LogP contribution in [0.4, 0.5) is 10.6 Å². The van der Waals surface area contributed by atoms with Gasteiger partial charge in [-0.2, -0.15) is 5.10 Å². The molecule has 0 radical (unpaired) electrons.